The smallest absolute Gasteiger partial charge is 0.125 e. The quantitative estimate of drug-likeness (QED) is 0.447. The first kappa shape index (κ1) is 11.5. The van der Waals surface area contributed by atoms with E-state index in [0.29, 0.717) is 13.2 Å². The summed E-state index contributed by atoms with van der Waals surface area (Å²) in [6, 6.07) is 0. The van der Waals surface area contributed by atoms with E-state index in [-0.39, 0.29) is 0 Å². The van der Waals surface area contributed by atoms with E-state index in [2.05, 4.69) is 5.92 Å². The first-order valence-corrected chi connectivity index (χ1v) is 4.38. The van der Waals surface area contributed by atoms with Crippen LogP contribution in [0.25, 0.3) is 0 Å². The molecule has 0 aromatic heterocycles. The topological polar surface area (TPSA) is 18.5 Å². The Morgan fingerprint density at radius 3 is 2.42 bits per heavy atom. The summed E-state index contributed by atoms with van der Waals surface area (Å²) < 4.78 is 10.6. The largest absolute Gasteiger partial charge is 0.379 e. The van der Waals surface area contributed by atoms with E-state index in [1.165, 1.54) is 0 Å². The van der Waals surface area contributed by atoms with Gasteiger partial charge in [0.05, 0.1) is 13.2 Å². The molecule has 0 spiro atoms. The first-order chi connectivity index (χ1) is 5.68. The molecule has 0 aliphatic rings. The highest BCUT2D eigenvalue weighted by molar-refractivity contribution is 5.04. The van der Waals surface area contributed by atoms with Crippen molar-refractivity contribution in [2.75, 3.05) is 19.8 Å². The summed E-state index contributed by atoms with van der Waals surface area (Å²) in [7, 11) is 0. The second-order valence-corrected chi connectivity index (χ2v) is 2.77. The van der Waals surface area contributed by atoms with Crippen LogP contribution in [0.5, 0.6) is 0 Å². The molecule has 1 atom stereocenters. The Hall–Kier alpha value is -0.520. The molecule has 0 aromatic carbocycles. The molecule has 0 fully saturated rings. The van der Waals surface area contributed by atoms with Crippen molar-refractivity contribution in [2.24, 2.45) is 0 Å². The van der Waals surface area contributed by atoms with E-state index in [1.807, 2.05) is 20.8 Å². The van der Waals surface area contributed by atoms with Gasteiger partial charge >= 0.3 is 0 Å². The van der Waals surface area contributed by atoms with Gasteiger partial charge in [-0.05, 0) is 20.3 Å². The molecule has 2 heteroatoms. The lowest BCUT2D eigenvalue weighted by Gasteiger charge is -2.22. The van der Waals surface area contributed by atoms with Gasteiger partial charge in [-0.2, -0.15) is 0 Å². The lowest BCUT2D eigenvalue weighted by atomic mass is 10.1. The third-order valence-corrected chi connectivity index (χ3v) is 1.83. The van der Waals surface area contributed by atoms with Gasteiger partial charge in [0.25, 0.3) is 0 Å². The Kier molecular flexibility index (Phi) is 5.79. The minimum absolute atomic E-state index is 0.420. The first-order valence-electron chi connectivity index (χ1n) is 4.38. The van der Waals surface area contributed by atoms with Gasteiger partial charge in [-0.15, -0.1) is 6.42 Å². The van der Waals surface area contributed by atoms with Gasteiger partial charge in [0.2, 0.25) is 0 Å². The summed E-state index contributed by atoms with van der Waals surface area (Å²) in [5.41, 5.74) is -0.420. The fourth-order valence-electron chi connectivity index (χ4n) is 0.716. The van der Waals surface area contributed by atoms with Crippen molar-refractivity contribution in [1.82, 2.24) is 0 Å². The molecule has 70 valence electrons. The molecule has 0 bridgehead atoms. The normalized spacial score (nSPS) is 15.2. The fourth-order valence-corrected chi connectivity index (χ4v) is 0.716. The second kappa shape index (κ2) is 6.05. The molecule has 0 aliphatic carbocycles. The zero-order chi connectivity index (χ0) is 9.45. The Bertz CT molecular complexity index is 148. The standard InChI is InChI=1S/C10H18O2/c1-5-10(4,6-2)12-9-8-11-7-3/h1H,6-9H2,2-4H3. The van der Waals surface area contributed by atoms with Crippen LogP contribution in [0.2, 0.25) is 0 Å². The van der Waals surface area contributed by atoms with Crippen molar-refractivity contribution in [2.45, 2.75) is 32.8 Å². The van der Waals surface area contributed by atoms with Crippen LogP contribution in [-0.4, -0.2) is 25.4 Å². The summed E-state index contributed by atoms with van der Waals surface area (Å²) in [4.78, 5) is 0. The van der Waals surface area contributed by atoms with Crippen LogP contribution in [0, 0.1) is 12.3 Å². The minimum atomic E-state index is -0.420. The zero-order valence-corrected chi connectivity index (χ0v) is 8.22. The Morgan fingerprint density at radius 1 is 1.33 bits per heavy atom. The third-order valence-electron chi connectivity index (χ3n) is 1.83. The maximum Gasteiger partial charge on any atom is 0.125 e. The van der Waals surface area contributed by atoms with Gasteiger partial charge in [0, 0.05) is 6.61 Å². The van der Waals surface area contributed by atoms with Crippen molar-refractivity contribution in [1.29, 1.82) is 0 Å². The van der Waals surface area contributed by atoms with Gasteiger partial charge in [0.15, 0.2) is 0 Å². The number of hydrogen-bond donors (Lipinski definition) is 0. The molecule has 2 nitrogen and oxygen atoms in total. The zero-order valence-electron chi connectivity index (χ0n) is 8.22. The molecule has 0 amide bonds. The molecule has 0 radical (unpaired) electrons. The second-order valence-electron chi connectivity index (χ2n) is 2.77. The molecule has 0 N–H and O–H groups in total. The Morgan fingerprint density at radius 2 is 2.00 bits per heavy atom. The fraction of sp³-hybridized carbons (Fsp3) is 0.800. The predicted octanol–water partition coefficient (Wildman–Crippen LogP) is 1.84. The van der Waals surface area contributed by atoms with Crippen LogP contribution >= 0.6 is 0 Å². The molecule has 1 unspecified atom stereocenters. The van der Waals surface area contributed by atoms with Crippen LogP contribution in [0.15, 0.2) is 0 Å². The van der Waals surface area contributed by atoms with E-state index in [9.17, 15) is 0 Å². The van der Waals surface area contributed by atoms with Crippen LogP contribution in [-0.2, 0) is 9.47 Å². The molecule has 0 heterocycles. The number of rotatable bonds is 6. The number of hydrogen-bond acceptors (Lipinski definition) is 2. The van der Waals surface area contributed by atoms with Crippen LogP contribution in [0.3, 0.4) is 0 Å². The summed E-state index contributed by atoms with van der Waals surface area (Å²) in [5.74, 6) is 2.63. The average molecular weight is 170 g/mol. The Labute approximate surface area is 75.3 Å². The molecule has 0 aromatic rings. The molecule has 12 heavy (non-hydrogen) atoms. The predicted molar refractivity (Wildman–Crippen MR) is 50.0 cm³/mol. The maximum atomic E-state index is 5.47. The number of ether oxygens (including phenoxy) is 2. The van der Waals surface area contributed by atoms with Crippen molar-refractivity contribution >= 4 is 0 Å². The van der Waals surface area contributed by atoms with Crippen molar-refractivity contribution in [3.63, 3.8) is 0 Å². The van der Waals surface area contributed by atoms with E-state index in [4.69, 9.17) is 15.9 Å². The van der Waals surface area contributed by atoms with Crippen LogP contribution in [0.4, 0.5) is 0 Å². The summed E-state index contributed by atoms with van der Waals surface area (Å²) >= 11 is 0. The molecule has 0 rings (SSSR count). The highest BCUT2D eigenvalue weighted by Crippen LogP contribution is 2.12. The van der Waals surface area contributed by atoms with Crippen LogP contribution < -0.4 is 0 Å². The van der Waals surface area contributed by atoms with Crippen molar-refractivity contribution in [3.8, 4) is 12.3 Å². The van der Waals surface area contributed by atoms with Crippen molar-refractivity contribution in [3.05, 3.63) is 0 Å². The van der Waals surface area contributed by atoms with Crippen LogP contribution in [0.1, 0.15) is 27.2 Å². The van der Waals surface area contributed by atoms with Gasteiger partial charge in [0.1, 0.15) is 5.60 Å². The van der Waals surface area contributed by atoms with Gasteiger partial charge in [-0.25, -0.2) is 0 Å². The monoisotopic (exact) mass is 170 g/mol. The lowest BCUT2D eigenvalue weighted by Crippen LogP contribution is -2.27. The summed E-state index contributed by atoms with van der Waals surface area (Å²) in [6.45, 7) is 7.80. The van der Waals surface area contributed by atoms with E-state index in [0.717, 1.165) is 13.0 Å². The van der Waals surface area contributed by atoms with Gasteiger partial charge < -0.3 is 9.47 Å². The molecule has 0 saturated carbocycles. The third kappa shape index (κ3) is 4.38. The highest BCUT2D eigenvalue weighted by Gasteiger charge is 2.18. The summed E-state index contributed by atoms with van der Waals surface area (Å²) in [6.07, 6.45) is 6.15. The highest BCUT2D eigenvalue weighted by atomic mass is 16.5. The minimum Gasteiger partial charge on any atom is -0.379 e. The SMILES string of the molecule is C#CC(C)(CC)OCCOCC. The molecular weight excluding hydrogens is 152 g/mol. The lowest BCUT2D eigenvalue weighted by molar-refractivity contribution is -0.0228. The Balaban J connectivity index is 3.54. The van der Waals surface area contributed by atoms with Gasteiger partial charge in [-0.1, -0.05) is 12.8 Å². The molecule has 0 aliphatic heterocycles. The van der Waals surface area contributed by atoms with Crippen molar-refractivity contribution < 1.29 is 9.47 Å². The molecular formula is C10H18O2. The number of terminal acetylenes is 1. The average Bonchev–Trinajstić information content (AvgIpc) is 2.12. The van der Waals surface area contributed by atoms with Gasteiger partial charge in [-0.3, -0.25) is 0 Å². The van der Waals surface area contributed by atoms with E-state index in [1.54, 1.807) is 0 Å². The van der Waals surface area contributed by atoms with E-state index < -0.39 is 5.60 Å². The summed E-state index contributed by atoms with van der Waals surface area (Å²) in [5, 5.41) is 0. The van der Waals surface area contributed by atoms with E-state index >= 15 is 0 Å². The molecule has 0 saturated heterocycles. The maximum absolute atomic E-state index is 5.47.